The van der Waals surface area contributed by atoms with Crippen LogP contribution in [0, 0.1) is 13.8 Å². The van der Waals surface area contributed by atoms with Gasteiger partial charge in [0.15, 0.2) is 0 Å². The first kappa shape index (κ1) is 17.1. The van der Waals surface area contributed by atoms with E-state index in [1.807, 2.05) is 31.2 Å². The Bertz CT molecular complexity index is 662. The van der Waals surface area contributed by atoms with Crippen molar-refractivity contribution in [3.05, 3.63) is 64.7 Å². The summed E-state index contributed by atoms with van der Waals surface area (Å²) in [6.45, 7) is 6.19. The number of carbonyl (C=O) groups is 1. The highest BCUT2D eigenvalue weighted by Crippen LogP contribution is 2.19. The molecule has 0 aromatic heterocycles. The third kappa shape index (κ3) is 4.85. The molecule has 1 amide bonds. The van der Waals surface area contributed by atoms with Gasteiger partial charge in [-0.1, -0.05) is 35.9 Å². The number of rotatable bonds is 6. The minimum Gasteiger partial charge on any atom is -0.497 e. The van der Waals surface area contributed by atoms with E-state index < -0.39 is 0 Å². The van der Waals surface area contributed by atoms with Gasteiger partial charge in [-0.3, -0.25) is 4.79 Å². The van der Waals surface area contributed by atoms with E-state index in [1.165, 1.54) is 16.7 Å². The Morgan fingerprint density at radius 2 is 1.83 bits per heavy atom. The first-order valence-electron chi connectivity index (χ1n) is 7.99. The summed E-state index contributed by atoms with van der Waals surface area (Å²) in [6.07, 6.45) is 1.22. The molecule has 0 aliphatic rings. The number of amides is 1. The maximum atomic E-state index is 12.2. The molecule has 0 fully saturated rings. The highest BCUT2D eigenvalue weighted by Gasteiger charge is 2.11. The average Bonchev–Trinajstić information content (AvgIpc) is 2.53. The second-order valence-electron chi connectivity index (χ2n) is 6.00. The van der Waals surface area contributed by atoms with Crippen LogP contribution in [-0.2, 0) is 11.2 Å². The van der Waals surface area contributed by atoms with Gasteiger partial charge in [-0.15, -0.1) is 0 Å². The first-order chi connectivity index (χ1) is 11.0. The van der Waals surface area contributed by atoms with Gasteiger partial charge in [0.1, 0.15) is 5.75 Å². The second kappa shape index (κ2) is 7.82. The molecule has 122 valence electrons. The molecule has 0 unspecified atom stereocenters. The normalized spacial score (nSPS) is 11.8. The SMILES string of the molecule is COc1ccc(CCC(=O)N[C@@H](C)c2ccc(C)cc2C)cc1. The van der Waals surface area contributed by atoms with Crippen molar-refractivity contribution in [3.63, 3.8) is 0 Å². The van der Waals surface area contributed by atoms with E-state index in [9.17, 15) is 4.79 Å². The van der Waals surface area contributed by atoms with Gasteiger partial charge in [0, 0.05) is 6.42 Å². The number of ether oxygens (including phenoxy) is 1. The van der Waals surface area contributed by atoms with E-state index in [0.717, 1.165) is 17.7 Å². The van der Waals surface area contributed by atoms with E-state index in [1.54, 1.807) is 7.11 Å². The van der Waals surface area contributed by atoms with Crippen LogP contribution in [0.4, 0.5) is 0 Å². The minimum absolute atomic E-state index is 0.0268. The zero-order chi connectivity index (χ0) is 16.8. The summed E-state index contributed by atoms with van der Waals surface area (Å²) in [5.41, 5.74) is 4.77. The third-order valence-corrected chi connectivity index (χ3v) is 4.07. The van der Waals surface area contributed by atoms with Crippen molar-refractivity contribution < 1.29 is 9.53 Å². The van der Waals surface area contributed by atoms with Gasteiger partial charge in [-0.2, -0.15) is 0 Å². The molecule has 0 aliphatic heterocycles. The predicted octanol–water partition coefficient (Wildman–Crippen LogP) is 4.12. The van der Waals surface area contributed by atoms with Gasteiger partial charge in [0.05, 0.1) is 13.2 Å². The van der Waals surface area contributed by atoms with E-state index >= 15 is 0 Å². The monoisotopic (exact) mass is 311 g/mol. The molecular weight excluding hydrogens is 286 g/mol. The maximum absolute atomic E-state index is 12.2. The Balaban J connectivity index is 1.88. The lowest BCUT2D eigenvalue weighted by Gasteiger charge is -2.17. The summed E-state index contributed by atoms with van der Waals surface area (Å²) in [5.74, 6) is 0.912. The van der Waals surface area contributed by atoms with Crippen molar-refractivity contribution >= 4 is 5.91 Å². The fraction of sp³-hybridized carbons (Fsp3) is 0.350. The van der Waals surface area contributed by atoms with Gasteiger partial charge < -0.3 is 10.1 Å². The van der Waals surface area contributed by atoms with Gasteiger partial charge >= 0.3 is 0 Å². The Morgan fingerprint density at radius 3 is 2.43 bits per heavy atom. The van der Waals surface area contributed by atoms with Crippen LogP contribution in [0.25, 0.3) is 0 Å². The molecule has 0 spiro atoms. The predicted molar refractivity (Wildman–Crippen MR) is 93.8 cm³/mol. The quantitative estimate of drug-likeness (QED) is 0.871. The first-order valence-corrected chi connectivity index (χ1v) is 7.99. The standard InChI is InChI=1S/C20H25NO2/c1-14-5-11-19(15(2)13-14)16(3)21-20(22)12-8-17-6-9-18(23-4)10-7-17/h5-7,9-11,13,16H,8,12H2,1-4H3,(H,21,22)/t16-/m0/s1. The fourth-order valence-electron chi connectivity index (χ4n) is 2.75. The Hall–Kier alpha value is -2.29. The van der Waals surface area contributed by atoms with Gasteiger partial charge in [-0.05, 0) is 56.0 Å². The molecular formula is C20H25NO2. The lowest BCUT2D eigenvalue weighted by atomic mass is 10.00. The Morgan fingerprint density at radius 1 is 1.13 bits per heavy atom. The molecule has 0 bridgehead atoms. The van der Waals surface area contributed by atoms with E-state index in [2.05, 4.69) is 37.4 Å². The molecule has 23 heavy (non-hydrogen) atoms. The van der Waals surface area contributed by atoms with E-state index in [0.29, 0.717) is 6.42 Å². The van der Waals surface area contributed by atoms with Crippen molar-refractivity contribution in [2.75, 3.05) is 7.11 Å². The van der Waals surface area contributed by atoms with Crippen molar-refractivity contribution in [1.82, 2.24) is 5.32 Å². The van der Waals surface area contributed by atoms with Gasteiger partial charge in [0.2, 0.25) is 5.91 Å². The Kier molecular flexibility index (Phi) is 5.80. The molecule has 0 saturated carbocycles. The summed E-state index contributed by atoms with van der Waals surface area (Å²) in [5, 5.41) is 3.09. The highest BCUT2D eigenvalue weighted by atomic mass is 16.5. The van der Waals surface area contributed by atoms with Crippen LogP contribution in [0.15, 0.2) is 42.5 Å². The molecule has 2 aromatic rings. The number of hydrogen-bond donors (Lipinski definition) is 1. The summed E-state index contributed by atoms with van der Waals surface area (Å²) in [7, 11) is 1.65. The molecule has 2 rings (SSSR count). The van der Waals surface area contributed by atoms with E-state index in [4.69, 9.17) is 4.74 Å². The van der Waals surface area contributed by atoms with Crippen LogP contribution >= 0.6 is 0 Å². The molecule has 0 saturated heterocycles. The highest BCUT2D eigenvalue weighted by molar-refractivity contribution is 5.76. The molecule has 0 heterocycles. The topological polar surface area (TPSA) is 38.3 Å². The summed E-state index contributed by atoms with van der Waals surface area (Å²) in [6, 6.07) is 14.2. The van der Waals surface area contributed by atoms with Crippen LogP contribution in [0.2, 0.25) is 0 Å². The minimum atomic E-state index is 0.0268. The molecule has 3 nitrogen and oxygen atoms in total. The van der Waals surface area contributed by atoms with Crippen LogP contribution < -0.4 is 10.1 Å². The largest absolute Gasteiger partial charge is 0.497 e. The smallest absolute Gasteiger partial charge is 0.220 e. The molecule has 1 N–H and O–H groups in total. The van der Waals surface area contributed by atoms with Crippen molar-refractivity contribution in [2.24, 2.45) is 0 Å². The second-order valence-corrected chi connectivity index (χ2v) is 6.00. The number of hydrogen-bond acceptors (Lipinski definition) is 2. The third-order valence-electron chi connectivity index (χ3n) is 4.07. The lowest BCUT2D eigenvalue weighted by Crippen LogP contribution is -2.27. The fourth-order valence-corrected chi connectivity index (χ4v) is 2.75. The van der Waals surface area contributed by atoms with Crippen LogP contribution in [0.3, 0.4) is 0 Å². The number of nitrogens with one attached hydrogen (secondary N) is 1. The summed E-state index contributed by atoms with van der Waals surface area (Å²) in [4.78, 5) is 12.2. The molecule has 0 aliphatic carbocycles. The molecule has 0 radical (unpaired) electrons. The van der Waals surface area contributed by atoms with Gasteiger partial charge in [0.25, 0.3) is 0 Å². The van der Waals surface area contributed by atoms with Crippen molar-refractivity contribution in [2.45, 2.75) is 39.7 Å². The van der Waals surface area contributed by atoms with Crippen LogP contribution in [0.1, 0.15) is 41.6 Å². The number of aryl methyl sites for hydroxylation is 3. The molecule has 1 atom stereocenters. The lowest BCUT2D eigenvalue weighted by molar-refractivity contribution is -0.121. The summed E-state index contributed by atoms with van der Waals surface area (Å²) < 4.78 is 5.14. The zero-order valence-electron chi connectivity index (χ0n) is 14.3. The average molecular weight is 311 g/mol. The molecule has 3 heteroatoms. The van der Waals surface area contributed by atoms with Crippen LogP contribution in [0.5, 0.6) is 5.75 Å². The number of benzene rings is 2. The Labute approximate surface area is 138 Å². The number of methoxy groups -OCH3 is 1. The summed E-state index contributed by atoms with van der Waals surface area (Å²) >= 11 is 0. The number of carbonyl (C=O) groups excluding carboxylic acids is 1. The molecule has 2 aromatic carbocycles. The van der Waals surface area contributed by atoms with Crippen molar-refractivity contribution in [1.29, 1.82) is 0 Å². The maximum Gasteiger partial charge on any atom is 0.220 e. The van der Waals surface area contributed by atoms with Crippen molar-refractivity contribution in [3.8, 4) is 5.75 Å². The van der Waals surface area contributed by atoms with Gasteiger partial charge in [-0.25, -0.2) is 0 Å². The van der Waals surface area contributed by atoms with Crippen LogP contribution in [-0.4, -0.2) is 13.0 Å². The van der Waals surface area contributed by atoms with E-state index in [-0.39, 0.29) is 11.9 Å². The zero-order valence-corrected chi connectivity index (χ0v) is 14.3.